The molecule has 0 amide bonds. The normalized spacial score (nSPS) is 11.3. The molecule has 0 N–H and O–H groups in total. The molecule has 0 aromatic heterocycles. The van der Waals surface area contributed by atoms with Crippen molar-refractivity contribution < 1.29 is 8.78 Å². The minimum Gasteiger partial charge on any atom is -0.207 e. The Balaban J connectivity index is 2.67. The van der Waals surface area contributed by atoms with Crippen LogP contribution in [-0.4, -0.2) is 8.07 Å². The van der Waals surface area contributed by atoms with Gasteiger partial charge < -0.3 is 0 Å². The summed E-state index contributed by atoms with van der Waals surface area (Å²) in [7, 11) is -2.55. The Morgan fingerprint density at radius 1 is 0.889 bits per heavy atom. The van der Waals surface area contributed by atoms with Gasteiger partial charge in [-0.15, -0.1) is 6.58 Å². The van der Waals surface area contributed by atoms with E-state index < -0.39 is 8.07 Å². The molecule has 0 nitrogen and oxygen atoms in total. The average molecular weight is 260 g/mol. The predicted octanol–water partition coefficient (Wildman–Crippen LogP) is 2.88. The molecule has 0 saturated carbocycles. The molecule has 0 aliphatic rings. The number of rotatable bonds is 3. The third kappa shape index (κ3) is 2.02. The van der Waals surface area contributed by atoms with E-state index in [1.54, 1.807) is 42.1 Å². The maximum atomic E-state index is 14.0. The summed E-state index contributed by atoms with van der Waals surface area (Å²) in [5.74, 6) is -0.593. The van der Waals surface area contributed by atoms with Crippen molar-refractivity contribution in [2.75, 3.05) is 0 Å². The van der Waals surface area contributed by atoms with Gasteiger partial charge in [0.25, 0.3) is 0 Å². The molecule has 2 aromatic carbocycles. The van der Waals surface area contributed by atoms with Crippen LogP contribution >= 0.6 is 0 Å². The van der Waals surface area contributed by atoms with Crippen molar-refractivity contribution in [1.82, 2.24) is 0 Å². The summed E-state index contributed by atoms with van der Waals surface area (Å²) in [5, 5.41) is 1.12. The molecule has 0 unspecified atom stereocenters. The van der Waals surface area contributed by atoms with E-state index in [1.165, 1.54) is 12.1 Å². The van der Waals surface area contributed by atoms with Crippen LogP contribution in [0.3, 0.4) is 0 Å². The van der Waals surface area contributed by atoms with Crippen molar-refractivity contribution in [2.45, 2.75) is 6.55 Å². The van der Waals surface area contributed by atoms with Gasteiger partial charge in [0.05, 0.1) is 0 Å². The number of halogens is 2. The molecule has 18 heavy (non-hydrogen) atoms. The first-order valence-electron chi connectivity index (χ1n) is 5.73. The highest BCUT2D eigenvalue weighted by atomic mass is 28.3. The van der Waals surface area contributed by atoms with E-state index in [4.69, 9.17) is 0 Å². The van der Waals surface area contributed by atoms with E-state index in [1.807, 2.05) is 6.55 Å². The molecular formula is C15H14F2Si. The summed E-state index contributed by atoms with van der Waals surface area (Å²) in [5.41, 5.74) is 1.71. The summed E-state index contributed by atoms with van der Waals surface area (Å²) in [6.07, 6.45) is 0. The molecule has 0 aliphatic carbocycles. The fourth-order valence-corrected chi connectivity index (χ4v) is 4.90. The van der Waals surface area contributed by atoms with Crippen LogP contribution in [0.25, 0.3) is 0 Å². The predicted molar refractivity (Wildman–Crippen MR) is 73.9 cm³/mol. The fourth-order valence-electron chi connectivity index (χ4n) is 2.13. The highest BCUT2D eigenvalue weighted by Gasteiger charge is 2.33. The first-order valence-corrected chi connectivity index (χ1v) is 8.31. The molecule has 0 saturated heterocycles. The molecule has 0 fully saturated rings. The minimum atomic E-state index is -2.55. The van der Waals surface area contributed by atoms with Gasteiger partial charge in [-0.2, -0.15) is 0 Å². The maximum absolute atomic E-state index is 14.0. The lowest BCUT2D eigenvalue weighted by atomic mass is 10.3. The van der Waals surface area contributed by atoms with E-state index in [-0.39, 0.29) is 11.6 Å². The van der Waals surface area contributed by atoms with Crippen LogP contribution in [0.1, 0.15) is 0 Å². The van der Waals surface area contributed by atoms with Crippen molar-refractivity contribution >= 4 is 18.4 Å². The molecular weight excluding hydrogens is 246 g/mol. The molecule has 0 bridgehead atoms. The molecule has 2 rings (SSSR count). The van der Waals surface area contributed by atoms with Gasteiger partial charge in [0.2, 0.25) is 0 Å². The Kier molecular flexibility index (Phi) is 3.43. The zero-order valence-corrected chi connectivity index (χ0v) is 11.2. The quantitative estimate of drug-likeness (QED) is 0.744. The van der Waals surface area contributed by atoms with Crippen molar-refractivity contribution in [3.05, 3.63) is 72.4 Å². The molecule has 0 spiro atoms. The first kappa shape index (κ1) is 12.7. The molecule has 0 atom stereocenters. The van der Waals surface area contributed by atoms with E-state index in [2.05, 4.69) is 6.58 Å². The second-order valence-electron chi connectivity index (χ2n) is 4.37. The summed E-state index contributed by atoms with van der Waals surface area (Å²) < 4.78 is 27.9. The monoisotopic (exact) mass is 260 g/mol. The summed E-state index contributed by atoms with van der Waals surface area (Å²) in [4.78, 5) is 0. The molecule has 0 radical (unpaired) electrons. The van der Waals surface area contributed by atoms with Gasteiger partial charge in [-0.1, -0.05) is 48.6 Å². The second kappa shape index (κ2) is 4.86. The lowest BCUT2D eigenvalue weighted by Crippen LogP contribution is -2.56. The van der Waals surface area contributed by atoms with Crippen molar-refractivity contribution in [3.8, 4) is 0 Å². The third-order valence-corrected chi connectivity index (χ3v) is 7.14. The van der Waals surface area contributed by atoms with E-state index in [0.29, 0.717) is 10.4 Å². The van der Waals surface area contributed by atoms with E-state index >= 15 is 0 Å². The first-order chi connectivity index (χ1) is 8.59. The highest BCUT2D eigenvalue weighted by Crippen LogP contribution is 2.11. The topological polar surface area (TPSA) is 0 Å². The Morgan fingerprint density at radius 2 is 1.28 bits per heavy atom. The van der Waals surface area contributed by atoms with Crippen molar-refractivity contribution in [1.29, 1.82) is 0 Å². The van der Waals surface area contributed by atoms with Gasteiger partial charge in [0.1, 0.15) is 19.7 Å². The number of hydrogen-bond acceptors (Lipinski definition) is 0. The second-order valence-corrected chi connectivity index (χ2v) is 8.26. The minimum absolute atomic E-state index is 0.296. The van der Waals surface area contributed by atoms with Crippen molar-refractivity contribution in [2.24, 2.45) is 0 Å². The summed E-state index contributed by atoms with van der Waals surface area (Å²) in [6, 6.07) is 13.1. The van der Waals surface area contributed by atoms with E-state index in [9.17, 15) is 8.78 Å². The van der Waals surface area contributed by atoms with Crippen LogP contribution in [0.4, 0.5) is 8.78 Å². The molecule has 3 heteroatoms. The third-order valence-electron chi connectivity index (χ3n) is 3.27. The zero-order valence-electron chi connectivity index (χ0n) is 10.2. The van der Waals surface area contributed by atoms with Gasteiger partial charge in [-0.05, 0) is 22.5 Å². The van der Waals surface area contributed by atoms with Gasteiger partial charge in [0, 0.05) is 0 Å². The van der Waals surface area contributed by atoms with Crippen LogP contribution in [0.2, 0.25) is 6.55 Å². The van der Waals surface area contributed by atoms with Crippen LogP contribution in [0.15, 0.2) is 60.8 Å². The van der Waals surface area contributed by atoms with Crippen LogP contribution in [-0.2, 0) is 0 Å². The Morgan fingerprint density at radius 3 is 1.61 bits per heavy atom. The van der Waals surface area contributed by atoms with Crippen LogP contribution in [0, 0.1) is 11.6 Å². The summed E-state index contributed by atoms with van der Waals surface area (Å²) in [6.45, 7) is 5.70. The lowest BCUT2D eigenvalue weighted by molar-refractivity contribution is 0.632. The van der Waals surface area contributed by atoms with E-state index in [0.717, 1.165) is 0 Å². The lowest BCUT2D eigenvalue weighted by Gasteiger charge is -2.25. The summed E-state index contributed by atoms with van der Waals surface area (Å²) >= 11 is 0. The van der Waals surface area contributed by atoms with Crippen LogP contribution in [0.5, 0.6) is 0 Å². The maximum Gasteiger partial charge on any atom is 0.145 e. The van der Waals surface area contributed by atoms with Gasteiger partial charge >= 0.3 is 0 Å². The zero-order chi connectivity index (χ0) is 13.2. The SMILES string of the molecule is C=C[Si](C)(c1ccccc1F)c1ccccc1F. The number of benzene rings is 2. The Bertz CT molecular complexity index is 533. The standard InChI is InChI=1S/C15H14F2Si/c1-3-18(2,14-10-6-4-8-12(14)16)15-11-7-5-9-13(15)17/h3-11H,1H2,2H3. The molecule has 0 heterocycles. The van der Waals surface area contributed by atoms with Crippen molar-refractivity contribution in [3.63, 3.8) is 0 Å². The highest BCUT2D eigenvalue weighted by molar-refractivity contribution is 7.05. The molecule has 0 aliphatic heterocycles. The van der Waals surface area contributed by atoms with Gasteiger partial charge in [0.15, 0.2) is 0 Å². The van der Waals surface area contributed by atoms with Gasteiger partial charge in [-0.3, -0.25) is 0 Å². The largest absolute Gasteiger partial charge is 0.207 e. The fraction of sp³-hybridized carbons (Fsp3) is 0.0667. The smallest absolute Gasteiger partial charge is 0.145 e. The Labute approximate surface area is 107 Å². The molecule has 92 valence electrons. The molecule has 2 aromatic rings. The Hall–Kier alpha value is -1.74. The van der Waals surface area contributed by atoms with Gasteiger partial charge in [-0.25, -0.2) is 8.78 Å². The number of hydrogen-bond donors (Lipinski definition) is 0. The van der Waals surface area contributed by atoms with Crippen LogP contribution < -0.4 is 10.4 Å². The average Bonchev–Trinajstić information content (AvgIpc) is 2.39.